The summed E-state index contributed by atoms with van der Waals surface area (Å²) in [4.78, 5) is 2.46. The topological polar surface area (TPSA) is 21.3 Å². The van der Waals surface area contributed by atoms with E-state index in [1.807, 2.05) is 0 Å². The quantitative estimate of drug-likeness (QED) is 0.148. The normalized spacial score (nSPS) is 12.8. The molecular formula is C75H50N2O. The molecule has 0 amide bonds. The lowest BCUT2D eigenvalue weighted by molar-refractivity contribution is 0.660. The van der Waals surface area contributed by atoms with Gasteiger partial charge < -0.3 is 13.9 Å². The number of nitrogens with zero attached hydrogens (tertiary/aromatic N) is 2. The van der Waals surface area contributed by atoms with Gasteiger partial charge in [-0.2, -0.15) is 0 Å². The zero-order valence-corrected chi connectivity index (χ0v) is 43.2. The molecule has 0 aliphatic heterocycles. The van der Waals surface area contributed by atoms with E-state index in [2.05, 4.69) is 290 Å². The Kier molecular flexibility index (Phi) is 9.68. The first-order valence-corrected chi connectivity index (χ1v) is 27.1. The molecule has 0 unspecified atom stereocenters. The van der Waals surface area contributed by atoms with E-state index in [4.69, 9.17) is 4.42 Å². The van der Waals surface area contributed by atoms with Crippen LogP contribution in [0.1, 0.15) is 25.0 Å². The Balaban J connectivity index is 0.853. The van der Waals surface area contributed by atoms with Crippen LogP contribution in [0, 0.1) is 0 Å². The molecule has 78 heavy (non-hydrogen) atoms. The van der Waals surface area contributed by atoms with Crippen molar-refractivity contribution >= 4 is 93.1 Å². The molecule has 2 heterocycles. The summed E-state index contributed by atoms with van der Waals surface area (Å²) in [7, 11) is 0. The fourth-order valence-electron chi connectivity index (χ4n) is 13.2. The van der Waals surface area contributed by atoms with E-state index in [1.165, 1.54) is 93.1 Å². The van der Waals surface area contributed by atoms with Crippen molar-refractivity contribution in [1.29, 1.82) is 0 Å². The Bertz CT molecular complexity index is 4850. The van der Waals surface area contributed by atoms with Crippen molar-refractivity contribution in [1.82, 2.24) is 4.57 Å². The van der Waals surface area contributed by atoms with Gasteiger partial charge in [-0.1, -0.05) is 190 Å². The van der Waals surface area contributed by atoms with Crippen molar-refractivity contribution in [2.24, 2.45) is 0 Å². The second kappa shape index (κ2) is 17.0. The SMILES string of the molecule is CC1(C)c2ccc(-c3ccccc3)cc2-c2cc(N(c3ccc(-n4c5ccccc5c5ccccc54)cc3)c3ccccc3-c3ccc4oc5ccc(-c6ccc7c8ccccc8c8ccccc8c7c6)cc5c4c3)ccc21. The van der Waals surface area contributed by atoms with Crippen LogP contribution in [0.5, 0.6) is 0 Å². The molecule has 0 spiro atoms. The van der Waals surface area contributed by atoms with E-state index in [-0.39, 0.29) is 5.41 Å². The molecule has 3 heteroatoms. The lowest BCUT2D eigenvalue weighted by Crippen LogP contribution is -2.15. The van der Waals surface area contributed by atoms with Gasteiger partial charge in [-0.3, -0.25) is 0 Å². The average Bonchev–Trinajstić information content (AvgIpc) is 4.30. The van der Waals surface area contributed by atoms with Gasteiger partial charge in [-0.05, 0) is 173 Å². The third kappa shape index (κ3) is 6.71. The lowest BCUT2D eigenvalue weighted by Gasteiger charge is -2.29. The number of rotatable bonds is 7. The van der Waals surface area contributed by atoms with Gasteiger partial charge in [-0.15, -0.1) is 0 Å². The summed E-state index contributed by atoms with van der Waals surface area (Å²) in [5.41, 5.74) is 20.6. The van der Waals surface area contributed by atoms with Crippen molar-refractivity contribution < 1.29 is 4.42 Å². The first-order chi connectivity index (χ1) is 38.4. The Morgan fingerprint density at radius 3 is 1.44 bits per heavy atom. The first kappa shape index (κ1) is 44.3. The summed E-state index contributed by atoms with van der Waals surface area (Å²) in [6.07, 6.45) is 0. The molecule has 366 valence electrons. The van der Waals surface area contributed by atoms with Crippen LogP contribution in [0.4, 0.5) is 17.1 Å². The van der Waals surface area contributed by atoms with Crippen molar-refractivity contribution in [3.05, 3.63) is 278 Å². The van der Waals surface area contributed by atoms with Crippen LogP contribution in [-0.4, -0.2) is 4.57 Å². The van der Waals surface area contributed by atoms with Crippen LogP contribution >= 0.6 is 0 Å². The molecule has 3 nitrogen and oxygen atoms in total. The lowest BCUT2D eigenvalue weighted by atomic mass is 9.82. The highest BCUT2D eigenvalue weighted by Gasteiger charge is 2.36. The van der Waals surface area contributed by atoms with Crippen molar-refractivity contribution in [2.75, 3.05) is 4.90 Å². The molecule has 13 aromatic carbocycles. The van der Waals surface area contributed by atoms with Crippen LogP contribution in [0.25, 0.3) is 126 Å². The number of furan rings is 1. The second-order valence-corrected chi connectivity index (χ2v) is 21.6. The fraction of sp³-hybridized carbons (Fsp3) is 0.0400. The van der Waals surface area contributed by atoms with Crippen molar-refractivity contribution in [3.8, 4) is 50.2 Å². The Labute approximate surface area is 452 Å². The summed E-state index contributed by atoms with van der Waals surface area (Å²) >= 11 is 0. The van der Waals surface area contributed by atoms with Crippen LogP contribution in [0.15, 0.2) is 271 Å². The second-order valence-electron chi connectivity index (χ2n) is 21.6. The van der Waals surface area contributed by atoms with E-state index in [9.17, 15) is 0 Å². The number of hydrogen-bond acceptors (Lipinski definition) is 2. The molecule has 0 N–H and O–H groups in total. The van der Waals surface area contributed by atoms with Gasteiger partial charge in [0.2, 0.25) is 0 Å². The molecule has 0 bridgehead atoms. The van der Waals surface area contributed by atoms with Gasteiger partial charge >= 0.3 is 0 Å². The maximum absolute atomic E-state index is 6.63. The fourth-order valence-corrected chi connectivity index (χ4v) is 13.2. The van der Waals surface area contributed by atoms with Crippen molar-refractivity contribution in [2.45, 2.75) is 19.3 Å². The molecule has 0 radical (unpaired) electrons. The van der Waals surface area contributed by atoms with Gasteiger partial charge in [0, 0.05) is 49.6 Å². The molecule has 0 fully saturated rings. The number of aromatic nitrogens is 1. The van der Waals surface area contributed by atoms with E-state index in [0.717, 1.165) is 61.4 Å². The summed E-state index contributed by atoms with van der Waals surface area (Å²) in [5.74, 6) is 0. The predicted molar refractivity (Wildman–Crippen MR) is 329 cm³/mol. The van der Waals surface area contributed by atoms with Crippen LogP contribution < -0.4 is 4.90 Å². The van der Waals surface area contributed by atoms with E-state index >= 15 is 0 Å². The molecule has 15 aromatic rings. The molecule has 16 rings (SSSR count). The number of para-hydroxylation sites is 3. The monoisotopic (exact) mass is 994 g/mol. The maximum Gasteiger partial charge on any atom is 0.135 e. The highest BCUT2D eigenvalue weighted by atomic mass is 16.3. The molecule has 1 aliphatic rings. The molecular weight excluding hydrogens is 945 g/mol. The summed E-state index contributed by atoms with van der Waals surface area (Å²) < 4.78 is 9.03. The van der Waals surface area contributed by atoms with E-state index < -0.39 is 0 Å². The molecule has 1 aliphatic carbocycles. The third-order valence-electron chi connectivity index (χ3n) is 17.0. The Morgan fingerprint density at radius 1 is 0.308 bits per heavy atom. The number of fused-ring (bicyclic) bond motifs is 15. The largest absolute Gasteiger partial charge is 0.456 e. The number of hydrogen-bond donors (Lipinski definition) is 0. The smallest absolute Gasteiger partial charge is 0.135 e. The molecule has 0 atom stereocenters. The van der Waals surface area contributed by atoms with E-state index in [0.29, 0.717) is 0 Å². The molecule has 0 saturated heterocycles. The summed E-state index contributed by atoms with van der Waals surface area (Å²) in [5, 5.41) is 12.3. The van der Waals surface area contributed by atoms with Crippen LogP contribution in [-0.2, 0) is 5.41 Å². The average molecular weight is 995 g/mol. The van der Waals surface area contributed by atoms with Gasteiger partial charge in [0.05, 0.1) is 16.7 Å². The van der Waals surface area contributed by atoms with E-state index in [1.54, 1.807) is 0 Å². The number of benzene rings is 13. The minimum atomic E-state index is -0.161. The highest BCUT2D eigenvalue weighted by Crippen LogP contribution is 2.53. The van der Waals surface area contributed by atoms with Gasteiger partial charge in [0.15, 0.2) is 0 Å². The summed E-state index contributed by atoms with van der Waals surface area (Å²) in [6, 6.07) is 98.3. The van der Waals surface area contributed by atoms with Gasteiger partial charge in [0.1, 0.15) is 11.2 Å². The summed E-state index contributed by atoms with van der Waals surface area (Å²) in [6.45, 7) is 4.73. The minimum Gasteiger partial charge on any atom is -0.456 e. The van der Waals surface area contributed by atoms with Crippen LogP contribution in [0.3, 0.4) is 0 Å². The number of anilines is 3. The maximum atomic E-state index is 6.63. The minimum absolute atomic E-state index is 0.161. The highest BCUT2D eigenvalue weighted by molar-refractivity contribution is 6.26. The van der Waals surface area contributed by atoms with Gasteiger partial charge in [-0.25, -0.2) is 0 Å². The Hall–Kier alpha value is -9.96. The van der Waals surface area contributed by atoms with Gasteiger partial charge in [0.25, 0.3) is 0 Å². The first-order valence-electron chi connectivity index (χ1n) is 27.1. The molecule has 2 aromatic heterocycles. The standard InChI is InChI=1S/C75H50N2O/c1-75(2)68-38-29-48(47-16-4-3-5-17-47)43-64(68)65-46-54(36-39-69(65)75)76(52-32-34-53(35-33-52)77-71-26-14-11-23-61(71)62-24-12-15-27-72(62)77)70-25-13-10-18-55(70)51-31-41-74-67(45-51)66-44-50(30-40-73(66)78-74)49-28-37-60-58-21-7-6-19-56(58)57-20-8-9-22-59(57)63(60)42-49/h3-46H,1-2H3. The Morgan fingerprint density at radius 2 is 0.769 bits per heavy atom. The zero-order valence-electron chi connectivity index (χ0n) is 43.2. The third-order valence-corrected chi connectivity index (χ3v) is 17.0. The predicted octanol–water partition coefficient (Wildman–Crippen LogP) is 20.9. The van der Waals surface area contributed by atoms with Crippen molar-refractivity contribution in [3.63, 3.8) is 0 Å². The van der Waals surface area contributed by atoms with Crippen LogP contribution in [0.2, 0.25) is 0 Å². The molecule has 0 saturated carbocycles. The zero-order chi connectivity index (χ0) is 51.6.